The molecule has 2 aromatic heterocycles. The maximum atomic E-state index is 12.1. The minimum Gasteiger partial charge on any atom is -0.350 e. The van der Waals surface area contributed by atoms with Gasteiger partial charge in [0, 0.05) is 35.7 Å². The lowest BCUT2D eigenvalue weighted by molar-refractivity contribution is 0.0952. The summed E-state index contributed by atoms with van der Waals surface area (Å²) in [5.74, 6) is -0.238. The van der Waals surface area contributed by atoms with Crippen LogP contribution in [0, 0.1) is 0 Å². The molecule has 0 saturated carbocycles. The Hall–Kier alpha value is -2.37. The second-order valence-corrected chi connectivity index (χ2v) is 5.92. The number of nitrogens with zero attached hydrogens (tertiary/aromatic N) is 3. The number of halogens is 2. The number of hydrogen-bond donors (Lipinski definition) is 1. The fraction of sp³-hybridized carbons (Fsp3) is 0.118. The molecule has 0 unspecified atom stereocenters. The summed E-state index contributed by atoms with van der Waals surface area (Å²) < 4.78 is 1.78. The maximum absolute atomic E-state index is 12.1. The Morgan fingerprint density at radius 2 is 1.92 bits per heavy atom. The van der Waals surface area contributed by atoms with Crippen LogP contribution in [0.3, 0.4) is 0 Å². The second-order valence-electron chi connectivity index (χ2n) is 5.08. The van der Waals surface area contributed by atoms with Crippen LogP contribution in [0.15, 0.2) is 55.0 Å². The van der Waals surface area contributed by atoms with E-state index < -0.39 is 0 Å². The Kier molecular flexibility index (Phi) is 5.13. The van der Waals surface area contributed by atoms with Crippen molar-refractivity contribution in [2.45, 2.75) is 6.54 Å². The lowest BCUT2D eigenvalue weighted by Gasteiger charge is -2.07. The van der Waals surface area contributed by atoms with E-state index in [1.54, 1.807) is 35.3 Å². The quantitative estimate of drug-likeness (QED) is 0.754. The van der Waals surface area contributed by atoms with Crippen LogP contribution < -0.4 is 5.32 Å². The molecule has 0 bridgehead atoms. The van der Waals surface area contributed by atoms with Crippen molar-refractivity contribution in [1.29, 1.82) is 0 Å². The maximum Gasteiger partial charge on any atom is 0.252 e. The SMILES string of the molecule is O=C(NCCn1ccc(-c2ccncc2)n1)c1ccc(Cl)cc1Cl. The highest BCUT2D eigenvalue weighted by Gasteiger charge is 2.10. The summed E-state index contributed by atoms with van der Waals surface area (Å²) in [5.41, 5.74) is 2.27. The van der Waals surface area contributed by atoms with E-state index in [2.05, 4.69) is 15.4 Å². The Bertz CT molecular complexity index is 849. The molecule has 0 spiro atoms. The highest BCUT2D eigenvalue weighted by molar-refractivity contribution is 6.36. The van der Waals surface area contributed by atoms with Gasteiger partial charge in [-0.15, -0.1) is 0 Å². The van der Waals surface area contributed by atoms with Crippen molar-refractivity contribution in [3.05, 3.63) is 70.6 Å². The van der Waals surface area contributed by atoms with E-state index in [4.69, 9.17) is 23.2 Å². The van der Waals surface area contributed by atoms with Crippen LogP contribution in [0.4, 0.5) is 0 Å². The van der Waals surface area contributed by atoms with Crippen LogP contribution in [0.25, 0.3) is 11.3 Å². The number of pyridine rings is 1. The van der Waals surface area contributed by atoms with Crippen molar-refractivity contribution >= 4 is 29.1 Å². The number of hydrogen-bond acceptors (Lipinski definition) is 3. The Labute approximate surface area is 149 Å². The first-order valence-corrected chi connectivity index (χ1v) is 8.06. The summed E-state index contributed by atoms with van der Waals surface area (Å²) in [6.07, 6.45) is 5.33. The summed E-state index contributed by atoms with van der Waals surface area (Å²) in [4.78, 5) is 16.1. The second kappa shape index (κ2) is 7.47. The molecule has 24 heavy (non-hydrogen) atoms. The molecule has 3 rings (SSSR count). The molecule has 0 aliphatic heterocycles. The van der Waals surface area contributed by atoms with Gasteiger partial charge < -0.3 is 5.32 Å². The monoisotopic (exact) mass is 360 g/mol. The first-order chi connectivity index (χ1) is 11.6. The van der Waals surface area contributed by atoms with Crippen molar-refractivity contribution < 1.29 is 4.79 Å². The third-order valence-electron chi connectivity index (χ3n) is 3.42. The van der Waals surface area contributed by atoms with Gasteiger partial charge in [0.2, 0.25) is 0 Å². The predicted octanol–water partition coefficient (Wildman–Crippen LogP) is 3.68. The highest BCUT2D eigenvalue weighted by atomic mass is 35.5. The van der Waals surface area contributed by atoms with Crippen molar-refractivity contribution in [2.24, 2.45) is 0 Å². The normalized spacial score (nSPS) is 10.6. The predicted molar refractivity (Wildman–Crippen MR) is 94.3 cm³/mol. The number of nitrogens with one attached hydrogen (secondary N) is 1. The van der Waals surface area contributed by atoms with E-state index in [9.17, 15) is 4.79 Å². The molecule has 0 atom stereocenters. The van der Waals surface area contributed by atoms with E-state index in [0.717, 1.165) is 11.3 Å². The molecular formula is C17H14Cl2N4O. The Balaban J connectivity index is 1.57. The molecule has 1 aromatic carbocycles. The topological polar surface area (TPSA) is 59.8 Å². The highest BCUT2D eigenvalue weighted by Crippen LogP contribution is 2.20. The molecule has 122 valence electrons. The lowest BCUT2D eigenvalue weighted by atomic mass is 10.2. The van der Waals surface area contributed by atoms with Gasteiger partial charge in [-0.25, -0.2) is 0 Å². The van der Waals surface area contributed by atoms with Crippen LogP contribution in [0.1, 0.15) is 10.4 Å². The molecule has 7 heteroatoms. The van der Waals surface area contributed by atoms with Gasteiger partial charge >= 0.3 is 0 Å². The number of benzene rings is 1. The summed E-state index contributed by atoms with van der Waals surface area (Å²) in [6.45, 7) is 0.997. The van der Waals surface area contributed by atoms with E-state index >= 15 is 0 Å². The average Bonchev–Trinajstić information content (AvgIpc) is 3.04. The van der Waals surface area contributed by atoms with Crippen LogP contribution >= 0.6 is 23.2 Å². The largest absolute Gasteiger partial charge is 0.350 e. The number of carbonyl (C=O) groups excluding carboxylic acids is 1. The molecule has 0 radical (unpaired) electrons. The minimum absolute atomic E-state index is 0.238. The van der Waals surface area contributed by atoms with Crippen LogP contribution in [-0.4, -0.2) is 27.2 Å². The van der Waals surface area contributed by atoms with Gasteiger partial charge in [0.1, 0.15) is 0 Å². The summed E-state index contributed by atoms with van der Waals surface area (Å²) in [7, 11) is 0. The molecule has 5 nitrogen and oxygen atoms in total. The fourth-order valence-corrected chi connectivity index (χ4v) is 2.71. The zero-order chi connectivity index (χ0) is 16.9. The minimum atomic E-state index is -0.238. The molecule has 2 heterocycles. The number of aromatic nitrogens is 3. The number of amides is 1. The molecule has 0 aliphatic carbocycles. The first kappa shape index (κ1) is 16.5. The summed E-state index contributed by atoms with van der Waals surface area (Å²) in [5, 5.41) is 8.12. The number of carbonyl (C=O) groups is 1. The van der Waals surface area contributed by atoms with E-state index in [0.29, 0.717) is 28.7 Å². The molecule has 1 amide bonds. The van der Waals surface area contributed by atoms with Gasteiger partial charge in [-0.3, -0.25) is 14.5 Å². The summed E-state index contributed by atoms with van der Waals surface area (Å²) >= 11 is 11.9. The van der Waals surface area contributed by atoms with Crippen molar-refractivity contribution in [3.8, 4) is 11.3 Å². The van der Waals surface area contributed by atoms with Crippen LogP contribution in [-0.2, 0) is 6.54 Å². The van der Waals surface area contributed by atoms with E-state index in [1.807, 2.05) is 24.4 Å². The van der Waals surface area contributed by atoms with Gasteiger partial charge in [0.15, 0.2) is 0 Å². The van der Waals surface area contributed by atoms with Gasteiger partial charge in [-0.1, -0.05) is 23.2 Å². The first-order valence-electron chi connectivity index (χ1n) is 7.30. The van der Waals surface area contributed by atoms with Crippen LogP contribution in [0.2, 0.25) is 10.0 Å². The number of rotatable bonds is 5. The molecule has 1 N–H and O–H groups in total. The Morgan fingerprint density at radius 1 is 1.12 bits per heavy atom. The van der Waals surface area contributed by atoms with Crippen molar-refractivity contribution in [2.75, 3.05) is 6.54 Å². The summed E-state index contributed by atoms with van der Waals surface area (Å²) in [6, 6.07) is 10.5. The third-order valence-corrected chi connectivity index (χ3v) is 3.97. The lowest BCUT2D eigenvalue weighted by Crippen LogP contribution is -2.27. The van der Waals surface area contributed by atoms with Crippen molar-refractivity contribution in [3.63, 3.8) is 0 Å². The van der Waals surface area contributed by atoms with Crippen molar-refractivity contribution in [1.82, 2.24) is 20.1 Å². The molecule has 0 aliphatic rings. The smallest absolute Gasteiger partial charge is 0.252 e. The zero-order valence-electron chi connectivity index (χ0n) is 12.6. The van der Waals surface area contributed by atoms with E-state index in [1.165, 1.54) is 0 Å². The van der Waals surface area contributed by atoms with Crippen LogP contribution in [0.5, 0.6) is 0 Å². The molecule has 0 saturated heterocycles. The molecule has 3 aromatic rings. The fourth-order valence-electron chi connectivity index (χ4n) is 2.22. The molecule has 0 fully saturated rings. The van der Waals surface area contributed by atoms with Gasteiger partial charge in [-0.05, 0) is 36.4 Å². The van der Waals surface area contributed by atoms with Gasteiger partial charge in [-0.2, -0.15) is 5.10 Å². The van der Waals surface area contributed by atoms with Gasteiger partial charge in [0.05, 0.1) is 22.8 Å². The van der Waals surface area contributed by atoms with E-state index in [-0.39, 0.29) is 5.91 Å². The average molecular weight is 361 g/mol. The Morgan fingerprint density at radius 3 is 2.67 bits per heavy atom. The molecular weight excluding hydrogens is 347 g/mol. The third kappa shape index (κ3) is 3.93. The van der Waals surface area contributed by atoms with Gasteiger partial charge in [0.25, 0.3) is 5.91 Å². The standard InChI is InChI=1S/C17H14Cl2N4O/c18-13-1-2-14(15(19)11-13)17(24)21-8-10-23-9-5-16(22-23)12-3-6-20-7-4-12/h1-7,9,11H,8,10H2,(H,21,24). The zero-order valence-corrected chi connectivity index (χ0v) is 14.1.